The van der Waals surface area contributed by atoms with Crippen LogP contribution in [0.1, 0.15) is 4.88 Å². The highest BCUT2D eigenvalue weighted by Crippen LogP contribution is 2.20. The summed E-state index contributed by atoms with van der Waals surface area (Å²) >= 11 is 7.43. The van der Waals surface area contributed by atoms with Crippen molar-refractivity contribution in [1.82, 2.24) is 0 Å². The molecule has 22 heavy (non-hydrogen) atoms. The first-order valence-corrected chi connectivity index (χ1v) is 8.00. The lowest BCUT2D eigenvalue weighted by atomic mass is 10.3. The largest absolute Gasteiger partial charge is 0.321 e. The number of benzene rings is 1. The molecule has 1 amide bonds. The molecular weight excluding hydrogens is 323 g/mol. The first kappa shape index (κ1) is 16.7. The molecule has 1 heterocycles. The van der Waals surface area contributed by atoms with Gasteiger partial charge in [0.25, 0.3) is 5.91 Å². The molecule has 0 spiro atoms. The second kappa shape index (κ2) is 8.08. The molecule has 0 fully saturated rings. The summed E-state index contributed by atoms with van der Waals surface area (Å²) in [4.78, 5) is 14.2. The van der Waals surface area contributed by atoms with E-state index >= 15 is 0 Å². The van der Waals surface area contributed by atoms with Crippen molar-refractivity contribution >= 4 is 34.5 Å². The topological polar surface area (TPSA) is 33.5 Å². The van der Waals surface area contributed by atoms with Gasteiger partial charge in [-0.25, -0.2) is 4.39 Å². The molecule has 0 aliphatic carbocycles. The Morgan fingerprint density at radius 3 is 2.86 bits per heavy atom. The number of halogens is 2. The van der Waals surface area contributed by atoms with Gasteiger partial charge in [0.1, 0.15) is 12.4 Å². The molecule has 1 aromatic carbocycles. The maximum absolute atomic E-state index is 13.1. The van der Waals surface area contributed by atoms with E-state index in [1.165, 1.54) is 23.5 Å². The van der Waals surface area contributed by atoms with Crippen LogP contribution in [0, 0.1) is 5.82 Å². The zero-order valence-corrected chi connectivity index (χ0v) is 13.5. The Labute approximate surface area is 138 Å². The van der Waals surface area contributed by atoms with Crippen LogP contribution >= 0.6 is 22.9 Å². The number of hydrogen-bond donors (Lipinski definition) is 2. The summed E-state index contributed by atoms with van der Waals surface area (Å²) in [5.41, 5.74) is 0.460. The maximum Gasteiger partial charge on any atom is 0.279 e. The minimum atomic E-state index is -0.374. The minimum Gasteiger partial charge on any atom is -0.321 e. The first-order valence-electron chi connectivity index (χ1n) is 6.81. The van der Waals surface area contributed by atoms with Crippen molar-refractivity contribution in [2.45, 2.75) is 6.54 Å². The summed E-state index contributed by atoms with van der Waals surface area (Å²) < 4.78 is 13.8. The van der Waals surface area contributed by atoms with Crippen molar-refractivity contribution in [3.8, 4) is 0 Å². The Morgan fingerprint density at radius 1 is 1.41 bits per heavy atom. The summed E-state index contributed by atoms with van der Waals surface area (Å²) in [6.45, 7) is 5.35. The van der Waals surface area contributed by atoms with E-state index < -0.39 is 0 Å². The van der Waals surface area contributed by atoms with E-state index in [0.717, 1.165) is 14.1 Å². The Kier molecular flexibility index (Phi) is 6.12. The Hall–Kier alpha value is -1.69. The van der Waals surface area contributed by atoms with Crippen molar-refractivity contribution in [1.29, 1.82) is 0 Å². The number of hydrogen-bond acceptors (Lipinski definition) is 2. The van der Waals surface area contributed by atoms with Crippen molar-refractivity contribution in [3.63, 3.8) is 0 Å². The number of anilines is 1. The Morgan fingerprint density at radius 2 is 2.23 bits per heavy atom. The molecule has 2 aromatic rings. The minimum absolute atomic E-state index is 0.162. The van der Waals surface area contributed by atoms with Gasteiger partial charge in [0.05, 0.1) is 15.8 Å². The van der Waals surface area contributed by atoms with Crippen LogP contribution in [-0.4, -0.2) is 19.0 Å². The zero-order chi connectivity index (χ0) is 15.9. The van der Waals surface area contributed by atoms with Gasteiger partial charge in [0.2, 0.25) is 0 Å². The number of amides is 1. The first-order chi connectivity index (χ1) is 10.6. The summed E-state index contributed by atoms with van der Waals surface area (Å²) in [5, 5.41) is 2.71. The van der Waals surface area contributed by atoms with E-state index in [4.69, 9.17) is 11.6 Å². The predicted octanol–water partition coefficient (Wildman–Crippen LogP) is 2.75. The number of thiophene rings is 1. The van der Waals surface area contributed by atoms with Gasteiger partial charge in [0.15, 0.2) is 6.54 Å². The van der Waals surface area contributed by atoms with Gasteiger partial charge in [-0.1, -0.05) is 24.2 Å². The van der Waals surface area contributed by atoms with E-state index in [-0.39, 0.29) is 18.3 Å². The van der Waals surface area contributed by atoms with Gasteiger partial charge in [-0.15, -0.1) is 11.3 Å². The lowest BCUT2D eigenvalue weighted by molar-refractivity contribution is -0.899. The second-order valence-corrected chi connectivity index (χ2v) is 6.66. The van der Waals surface area contributed by atoms with Crippen LogP contribution in [0.3, 0.4) is 0 Å². The lowest BCUT2D eigenvalue weighted by Gasteiger charge is -2.16. The third-order valence-electron chi connectivity index (χ3n) is 3.01. The highest BCUT2D eigenvalue weighted by atomic mass is 35.5. The van der Waals surface area contributed by atoms with Crippen LogP contribution < -0.4 is 10.2 Å². The Bertz CT molecular complexity index is 659. The molecule has 0 aliphatic heterocycles. The van der Waals surface area contributed by atoms with Gasteiger partial charge in [-0.3, -0.25) is 4.79 Å². The number of rotatable bonds is 7. The fourth-order valence-electron chi connectivity index (χ4n) is 2.10. The van der Waals surface area contributed by atoms with E-state index in [2.05, 4.69) is 11.9 Å². The molecular formula is C16H17ClFN2OS+. The molecule has 2 rings (SSSR count). The molecule has 116 valence electrons. The Balaban J connectivity index is 1.94. The van der Waals surface area contributed by atoms with Gasteiger partial charge >= 0.3 is 0 Å². The van der Waals surface area contributed by atoms with Crippen molar-refractivity contribution in [2.75, 3.05) is 18.4 Å². The average molecular weight is 340 g/mol. The van der Waals surface area contributed by atoms with E-state index in [1.54, 1.807) is 18.2 Å². The average Bonchev–Trinajstić information content (AvgIpc) is 2.84. The van der Waals surface area contributed by atoms with Crippen LogP contribution in [0.25, 0.3) is 0 Å². The second-order valence-electron chi connectivity index (χ2n) is 4.86. The molecule has 0 saturated heterocycles. The summed E-state index contributed by atoms with van der Waals surface area (Å²) in [5.74, 6) is -0.536. The maximum atomic E-state index is 13.1. The van der Waals surface area contributed by atoms with Gasteiger partial charge in [-0.2, -0.15) is 0 Å². The van der Waals surface area contributed by atoms with E-state index in [0.29, 0.717) is 18.8 Å². The van der Waals surface area contributed by atoms with Crippen LogP contribution in [0.5, 0.6) is 0 Å². The van der Waals surface area contributed by atoms with Crippen molar-refractivity contribution in [2.24, 2.45) is 0 Å². The van der Waals surface area contributed by atoms with Crippen molar-refractivity contribution in [3.05, 3.63) is 64.1 Å². The van der Waals surface area contributed by atoms with Gasteiger partial charge < -0.3 is 10.2 Å². The summed E-state index contributed by atoms with van der Waals surface area (Å²) in [6, 6.07) is 9.66. The molecule has 0 aliphatic rings. The smallest absolute Gasteiger partial charge is 0.279 e. The van der Waals surface area contributed by atoms with E-state index in [1.807, 2.05) is 12.1 Å². The summed E-state index contributed by atoms with van der Waals surface area (Å²) in [6.07, 6.45) is 1.78. The number of quaternary nitrogens is 1. The number of carbonyl (C=O) groups is 1. The molecule has 0 bridgehead atoms. The molecule has 6 heteroatoms. The predicted molar refractivity (Wildman–Crippen MR) is 89.0 cm³/mol. The molecule has 0 radical (unpaired) electrons. The molecule has 1 atom stereocenters. The fourth-order valence-corrected chi connectivity index (χ4v) is 3.26. The third kappa shape index (κ3) is 5.26. The molecule has 2 N–H and O–H groups in total. The third-order valence-corrected chi connectivity index (χ3v) is 4.24. The molecule has 1 aromatic heterocycles. The normalized spacial score (nSPS) is 11.9. The number of carbonyl (C=O) groups excluding carboxylic acids is 1. The van der Waals surface area contributed by atoms with Gasteiger partial charge in [0, 0.05) is 5.69 Å². The van der Waals surface area contributed by atoms with Crippen LogP contribution in [0.15, 0.2) is 49.1 Å². The zero-order valence-electron chi connectivity index (χ0n) is 11.9. The highest BCUT2D eigenvalue weighted by Gasteiger charge is 2.15. The lowest BCUT2D eigenvalue weighted by Crippen LogP contribution is -3.11. The molecule has 1 unspecified atom stereocenters. The number of nitrogens with one attached hydrogen (secondary N) is 2. The highest BCUT2D eigenvalue weighted by molar-refractivity contribution is 7.16. The van der Waals surface area contributed by atoms with Crippen LogP contribution in [0.2, 0.25) is 4.34 Å². The SMILES string of the molecule is C=CC[NH+](CC(=O)Nc1cccc(F)c1)Cc1ccc(Cl)s1. The monoisotopic (exact) mass is 339 g/mol. The van der Waals surface area contributed by atoms with Crippen LogP contribution in [-0.2, 0) is 11.3 Å². The van der Waals surface area contributed by atoms with Crippen molar-refractivity contribution < 1.29 is 14.1 Å². The molecule has 3 nitrogen and oxygen atoms in total. The van der Waals surface area contributed by atoms with E-state index in [9.17, 15) is 9.18 Å². The summed E-state index contributed by atoms with van der Waals surface area (Å²) in [7, 11) is 0. The van der Waals surface area contributed by atoms with Gasteiger partial charge in [-0.05, 0) is 36.4 Å². The fraction of sp³-hybridized carbons (Fsp3) is 0.188. The standard InChI is InChI=1S/C16H16ClFN2OS/c1-2-8-20(10-14-6-7-15(17)22-14)11-16(21)19-13-5-3-4-12(18)9-13/h2-7,9H,1,8,10-11H2,(H,19,21)/p+1. The quantitative estimate of drug-likeness (QED) is 0.747. The molecule has 0 saturated carbocycles. The van der Waals surface area contributed by atoms with Crippen LogP contribution in [0.4, 0.5) is 10.1 Å².